The Balaban J connectivity index is 1.51. The highest BCUT2D eigenvalue weighted by atomic mass is 16.3. The lowest BCUT2D eigenvalue weighted by molar-refractivity contribution is -0.131. The molecule has 0 bridgehead atoms. The number of amides is 2. The SMILES string of the molecule is Cc1cc(C(=O)N/N=C/c2ccc(CC(=O)N3CCNCC3)c3ccccc23)ccc1O. The minimum Gasteiger partial charge on any atom is -0.508 e. The molecule has 164 valence electrons. The monoisotopic (exact) mass is 430 g/mol. The molecule has 2 amide bonds. The Hall–Kier alpha value is -3.71. The minimum absolute atomic E-state index is 0.134. The van der Waals surface area contributed by atoms with Crippen molar-refractivity contribution in [3.8, 4) is 5.75 Å². The predicted molar refractivity (Wildman–Crippen MR) is 125 cm³/mol. The Labute approximate surface area is 186 Å². The highest BCUT2D eigenvalue weighted by Gasteiger charge is 2.17. The van der Waals surface area contributed by atoms with E-state index >= 15 is 0 Å². The Morgan fingerprint density at radius 3 is 2.59 bits per heavy atom. The lowest BCUT2D eigenvalue weighted by Crippen LogP contribution is -2.46. The van der Waals surface area contributed by atoms with Crippen molar-refractivity contribution in [2.24, 2.45) is 5.10 Å². The molecule has 0 unspecified atom stereocenters. The van der Waals surface area contributed by atoms with E-state index in [1.165, 1.54) is 6.07 Å². The molecule has 0 atom stereocenters. The normalized spacial score (nSPS) is 14.1. The van der Waals surface area contributed by atoms with Gasteiger partial charge in [-0.05, 0) is 47.0 Å². The number of carbonyl (C=O) groups excluding carboxylic acids is 2. The maximum Gasteiger partial charge on any atom is 0.271 e. The van der Waals surface area contributed by atoms with Crippen LogP contribution in [-0.2, 0) is 11.2 Å². The molecule has 1 heterocycles. The van der Waals surface area contributed by atoms with Crippen molar-refractivity contribution >= 4 is 28.8 Å². The van der Waals surface area contributed by atoms with Gasteiger partial charge in [0.05, 0.1) is 12.6 Å². The van der Waals surface area contributed by atoms with Crippen molar-refractivity contribution in [2.75, 3.05) is 26.2 Å². The molecule has 1 saturated heterocycles. The first-order valence-corrected chi connectivity index (χ1v) is 10.6. The Kier molecular flexibility index (Phi) is 6.47. The number of piperazine rings is 1. The van der Waals surface area contributed by atoms with E-state index in [1.54, 1.807) is 25.3 Å². The van der Waals surface area contributed by atoms with Gasteiger partial charge in [-0.2, -0.15) is 5.10 Å². The minimum atomic E-state index is -0.355. The van der Waals surface area contributed by atoms with Gasteiger partial charge in [-0.25, -0.2) is 5.43 Å². The van der Waals surface area contributed by atoms with Crippen molar-refractivity contribution in [3.63, 3.8) is 0 Å². The molecule has 0 aromatic heterocycles. The number of hydrazone groups is 1. The summed E-state index contributed by atoms with van der Waals surface area (Å²) in [5, 5.41) is 19.0. The molecular weight excluding hydrogens is 404 g/mol. The van der Waals surface area contributed by atoms with Crippen molar-refractivity contribution in [3.05, 3.63) is 76.9 Å². The number of hydrogen-bond donors (Lipinski definition) is 3. The van der Waals surface area contributed by atoms with Crippen molar-refractivity contribution in [2.45, 2.75) is 13.3 Å². The van der Waals surface area contributed by atoms with E-state index < -0.39 is 0 Å². The van der Waals surface area contributed by atoms with Crippen LogP contribution in [0.4, 0.5) is 0 Å². The molecule has 1 aliphatic rings. The maximum atomic E-state index is 12.7. The summed E-state index contributed by atoms with van der Waals surface area (Å²) in [6, 6.07) is 16.4. The summed E-state index contributed by atoms with van der Waals surface area (Å²) in [5.74, 6) is -0.0755. The molecule has 7 nitrogen and oxygen atoms in total. The van der Waals surface area contributed by atoms with Gasteiger partial charge >= 0.3 is 0 Å². The standard InChI is InChI=1S/C25H26N4O3/c1-17-14-19(8-9-23(17)30)25(32)28-27-16-20-7-6-18(21-4-2-3-5-22(20)21)15-24(31)29-12-10-26-11-13-29/h2-9,14,16,26,30H,10-13,15H2,1H3,(H,28,32)/b27-16+. The van der Waals surface area contributed by atoms with Crippen LogP contribution in [0.25, 0.3) is 10.8 Å². The van der Waals surface area contributed by atoms with E-state index in [-0.39, 0.29) is 17.6 Å². The van der Waals surface area contributed by atoms with E-state index in [2.05, 4.69) is 15.8 Å². The van der Waals surface area contributed by atoms with Crippen LogP contribution in [0.15, 0.2) is 59.7 Å². The zero-order chi connectivity index (χ0) is 22.5. The number of aryl methyl sites for hydroxylation is 1. The van der Waals surface area contributed by atoms with Gasteiger partial charge in [0, 0.05) is 37.3 Å². The zero-order valence-corrected chi connectivity index (χ0v) is 18.0. The molecule has 0 aliphatic carbocycles. The Morgan fingerprint density at radius 2 is 1.84 bits per heavy atom. The highest BCUT2D eigenvalue weighted by Crippen LogP contribution is 2.23. The Morgan fingerprint density at radius 1 is 1.09 bits per heavy atom. The van der Waals surface area contributed by atoms with Crippen LogP contribution in [0.5, 0.6) is 5.75 Å². The molecular formula is C25H26N4O3. The number of nitrogens with one attached hydrogen (secondary N) is 2. The summed E-state index contributed by atoms with van der Waals surface area (Å²) in [7, 11) is 0. The molecule has 1 aliphatic heterocycles. The largest absolute Gasteiger partial charge is 0.508 e. The molecule has 3 N–H and O–H groups in total. The van der Waals surface area contributed by atoms with Gasteiger partial charge in [0.15, 0.2) is 0 Å². The van der Waals surface area contributed by atoms with E-state index in [4.69, 9.17) is 0 Å². The number of phenols is 1. The van der Waals surface area contributed by atoms with Gasteiger partial charge in [0.1, 0.15) is 5.75 Å². The average Bonchev–Trinajstić information content (AvgIpc) is 2.82. The van der Waals surface area contributed by atoms with E-state index in [9.17, 15) is 14.7 Å². The number of rotatable bonds is 5. The van der Waals surface area contributed by atoms with Crippen LogP contribution >= 0.6 is 0 Å². The number of aromatic hydroxyl groups is 1. The van der Waals surface area contributed by atoms with Gasteiger partial charge in [0.25, 0.3) is 5.91 Å². The summed E-state index contributed by atoms with van der Waals surface area (Å²) in [6.45, 7) is 4.87. The molecule has 3 aromatic rings. The first kappa shape index (κ1) is 21.5. The molecule has 7 heteroatoms. The molecule has 0 saturated carbocycles. The van der Waals surface area contributed by atoms with E-state index in [1.807, 2.05) is 41.3 Å². The number of carbonyl (C=O) groups is 2. The fourth-order valence-corrected chi connectivity index (χ4v) is 3.86. The smallest absolute Gasteiger partial charge is 0.271 e. The van der Waals surface area contributed by atoms with Gasteiger partial charge < -0.3 is 15.3 Å². The number of phenolic OH excluding ortho intramolecular Hbond substituents is 1. The van der Waals surface area contributed by atoms with Crippen LogP contribution in [0.1, 0.15) is 27.0 Å². The molecule has 32 heavy (non-hydrogen) atoms. The van der Waals surface area contributed by atoms with Gasteiger partial charge in [-0.1, -0.05) is 36.4 Å². The fraction of sp³-hybridized carbons (Fsp3) is 0.240. The average molecular weight is 431 g/mol. The van der Waals surface area contributed by atoms with Gasteiger partial charge in [-0.3, -0.25) is 9.59 Å². The van der Waals surface area contributed by atoms with Crippen LogP contribution in [-0.4, -0.2) is 54.2 Å². The first-order valence-electron chi connectivity index (χ1n) is 10.6. The molecule has 4 rings (SSSR count). The predicted octanol–water partition coefficient (Wildman–Crippen LogP) is 2.59. The third kappa shape index (κ3) is 4.78. The summed E-state index contributed by atoms with van der Waals surface area (Å²) < 4.78 is 0. The van der Waals surface area contributed by atoms with Crippen LogP contribution < -0.4 is 10.7 Å². The van der Waals surface area contributed by atoms with Gasteiger partial charge in [-0.15, -0.1) is 0 Å². The fourth-order valence-electron chi connectivity index (χ4n) is 3.86. The first-order chi connectivity index (χ1) is 15.5. The molecule has 0 spiro atoms. The number of nitrogens with zero attached hydrogens (tertiary/aromatic N) is 2. The van der Waals surface area contributed by atoms with Crippen molar-refractivity contribution < 1.29 is 14.7 Å². The highest BCUT2D eigenvalue weighted by molar-refractivity contribution is 6.03. The lowest BCUT2D eigenvalue weighted by atomic mass is 9.98. The number of hydrogen-bond acceptors (Lipinski definition) is 5. The number of fused-ring (bicyclic) bond motifs is 1. The lowest BCUT2D eigenvalue weighted by Gasteiger charge is -2.27. The van der Waals surface area contributed by atoms with Crippen LogP contribution in [0.2, 0.25) is 0 Å². The second kappa shape index (κ2) is 9.62. The van der Waals surface area contributed by atoms with E-state index in [0.717, 1.165) is 48.1 Å². The third-order valence-corrected chi connectivity index (χ3v) is 5.69. The maximum absolute atomic E-state index is 12.7. The van der Waals surface area contributed by atoms with Crippen molar-refractivity contribution in [1.29, 1.82) is 0 Å². The summed E-state index contributed by atoms with van der Waals surface area (Å²) in [4.78, 5) is 27.0. The third-order valence-electron chi connectivity index (χ3n) is 5.69. The summed E-state index contributed by atoms with van der Waals surface area (Å²) in [5.41, 5.74) is 5.40. The van der Waals surface area contributed by atoms with E-state index in [0.29, 0.717) is 17.5 Å². The Bertz CT molecular complexity index is 1180. The zero-order valence-electron chi connectivity index (χ0n) is 18.0. The molecule has 3 aromatic carbocycles. The van der Waals surface area contributed by atoms with Crippen LogP contribution in [0, 0.1) is 6.92 Å². The van der Waals surface area contributed by atoms with Crippen molar-refractivity contribution in [1.82, 2.24) is 15.6 Å². The topological polar surface area (TPSA) is 94.0 Å². The summed E-state index contributed by atoms with van der Waals surface area (Å²) >= 11 is 0. The second-order valence-corrected chi connectivity index (χ2v) is 7.87. The van der Waals surface area contributed by atoms with Crippen LogP contribution in [0.3, 0.4) is 0 Å². The second-order valence-electron chi connectivity index (χ2n) is 7.87. The molecule has 1 fully saturated rings. The molecule has 0 radical (unpaired) electrons. The van der Waals surface area contributed by atoms with Gasteiger partial charge in [0.2, 0.25) is 5.91 Å². The summed E-state index contributed by atoms with van der Waals surface area (Å²) in [6.07, 6.45) is 1.96. The number of benzene rings is 3. The quantitative estimate of drug-likeness (QED) is 0.428.